The minimum atomic E-state index is -0.557. The van der Waals surface area contributed by atoms with Crippen LogP contribution in [-0.2, 0) is 23.8 Å². The van der Waals surface area contributed by atoms with Crippen LogP contribution in [-0.4, -0.2) is 37.9 Å². The van der Waals surface area contributed by atoms with E-state index in [0.717, 1.165) is 89.9 Å². The van der Waals surface area contributed by atoms with Crippen molar-refractivity contribution in [2.75, 3.05) is 19.8 Å². The first-order valence-electron chi connectivity index (χ1n) is 27.1. The first kappa shape index (κ1) is 61.1. The van der Waals surface area contributed by atoms with Crippen molar-refractivity contribution in [3.63, 3.8) is 0 Å². The molecule has 0 aliphatic heterocycles. The highest BCUT2D eigenvalue weighted by atomic mass is 16.6. The Morgan fingerprint density at radius 1 is 0.359 bits per heavy atom. The van der Waals surface area contributed by atoms with Crippen molar-refractivity contribution in [1.82, 2.24) is 0 Å². The molecule has 368 valence electrons. The largest absolute Gasteiger partial charge is 0.462 e. The Labute approximate surface area is 397 Å². The molecular formula is C59H102O5. The molecule has 64 heavy (non-hydrogen) atoms. The molecule has 0 rings (SSSR count). The Bertz CT molecular complexity index is 1190. The van der Waals surface area contributed by atoms with Gasteiger partial charge in [-0.3, -0.25) is 9.59 Å². The van der Waals surface area contributed by atoms with Gasteiger partial charge in [-0.2, -0.15) is 0 Å². The molecule has 0 heterocycles. The molecule has 5 nitrogen and oxygen atoms in total. The fraction of sp³-hybridized carbons (Fsp3) is 0.729. The molecule has 1 unspecified atom stereocenters. The second kappa shape index (κ2) is 54.4. The van der Waals surface area contributed by atoms with Gasteiger partial charge in [0, 0.05) is 19.4 Å². The van der Waals surface area contributed by atoms with E-state index >= 15 is 0 Å². The second-order valence-electron chi connectivity index (χ2n) is 17.8. The van der Waals surface area contributed by atoms with Crippen molar-refractivity contribution in [3.8, 4) is 0 Å². The average Bonchev–Trinajstić information content (AvgIpc) is 3.30. The van der Waals surface area contributed by atoms with Gasteiger partial charge in [0.15, 0.2) is 6.10 Å². The molecule has 0 aromatic carbocycles. The average molecular weight is 891 g/mol. The van der Waals surface area contributed by atoms with E-state index in [1.165, 1.54) is 128 Å². The van der Waals surface area contributed by atoms with Gasteiger partial charge in [-0.1, -0.05) is 234 Å². The molecule has 0 bridgehead atoms. The fourth-order valence-electron chi connectivity index (χ4n) is 7.40. The first-order chi connectivity index (χ1) is 31.6. The van der Waals surface area contributed by atoms with Crippen molar-refractivity contribution in [2.24, 2.45) is 0 Å². The van der Waals surface area contributed by atoms with E-state index in [2.05, 4.69) is 106 Å². The summed E-state index contributed by atoms with van der Waals surface area (Å²) in [5.74, 6) is -0.435. The number of ether oxygens (including phenoxy) is 3. The molecule has 0 saturated heterocycles. The van der Waals surface area contributed by atoms with Crippen LogP contribution in [0.3, 0.4) is 0 Å². The third-order valence-corrected chi connectivity index (χ3v) is 11.4. The zero-order valence-electron chi connectivity index (χ0n) is 42.3. The highest BCUT2D eigenvalue weighted by Gasteiger charge is 2.17. The van der Waals surface area contributed by atoms with Crippen molar-refractivity contribution in [2.45, 2.75) is 258 Å². The van der Waals surface area contributed by atoms with E-state index < -0.39 is 6.10 Å². The molecule has 0 aromatic rings. The van der Waals surface area contributed by atoms with Gasteiger partial charge in [0.1, 0.15) is 6.61 Å². The van der Waals surface area contributed by atoms with Gasteiger partial charge < -0.3 is 14.2 Å². The maximum atomic E-state index is 12.8. The van der Waals surface area contributed by atoms with Crippen LogP contribution in [0, 0.1) is 0 Å². The van der Waals surface area contributed by atoms with E-state index in [0.29, 0.717) is 19.4 Å². The van der Waals surface area contributed by atoms with Crippen molar-refractivity contribution >= 4 is 11.9 Å². The fourth-order valence-corrected chi connectivity index (χ4v) is 7.40. The summed E-state index contributed by atoms with van der Waals surface area (Å²) < 4.78 is 17.4. The van der Waals surface area contributed by atoms with E-state index in [-0.39, 0.29) is 25.2 Å². The van der Waals surface area contributed by atoms with Crippen LogP contribution < -0.4 is 0 Å². The lowest BCUT2D eigenvalue weighted by atomic mass is 10.0. The Morgan fingerprint density at radius 2 is 0.734 bits per heavy atom. The van der Waals surface area contributed by atoms with E-state index in [4.69, 9.17) is 14.2 Å². The summed E-state index contributed by atoms with van der Waals surface area (Å²) in [6, 6.07) is 0. The van der Waals surface area contributed by atoms with Crippen LogP contribution in [0.2, 0.25) is 0 Å². The third-order valence-electron chi connectivity index (χ3n) is 11.4. The third kappa shape index (κ3) is 51.7. The summed E-state index contributed by atoms with van der Waals surface area (Å²) in [5, 5.41) is 0. The number of rotatable bonds is 49. The highest BCUT2D eigenvalue weighted by molar-refractivity contribution is 5.70. The van der Waals surface area contributed by atoms with Crippen LogP contribution in [0.15, 0.2) is 85.1 Å². The zero-order chi connectivity index (χ0) is 46.3. The lowest BCUT2D eigenvalue weighted by Gasteiger charge is -2.18. The molecule has 5 heteroatoms. The van der Waals surface area contributed by atoms with Gasteiger partial charge in [-0.15, -0.1) is 0 Å². The first-order valence-corrected chi connectivity index (χ1v) is 27.1. The Morgan fingerprint density at radius 3 is 1.20 bits per heavy atom. The quantitative estimate of drug-likeness (QED) is 0.0346. The molecule has 0 fully saturated rings. The minimum Gasteiger partial charge on any atom is -0.462 e. The summed E-state index contributed by atoms with van der Waals surface area (Å²) in [4.78, 5) is 25.4. The number of allylic oxidation sites excluding steroid dienone is 14. The van der Waals surface area contributed by atoms with E-state index in [1.807, 2.05) is 0 Å². The molecule has 0 saturated carbocycles. The normalized spacial score (nSPS) is 12.9. The smallest absolute Gasteiger partial charge is 0.306 e. The molecule has 1 atom stereocenters. The summed E-state index contributed by atoms with van der Waals surface area (Å²) in [5.41, 5.74) is 0. The summed E-state index contributed by atoms with van der Waals surface area (Å²) >= 11 is 0. The molecule has 0 N–H and O–H groups in total. The lowest BCUT2D eigenvalue weighted by molar-refractivity contribution is -0.163. The van der Waals surface area contributed by atoms with Gasteiger partial charge in [-0.25, -0.2) is 0 Å². The number of carbonyl (C=O) groups excluding carboxylic acids is 2. The van der Waals surface area contributed by atoms with Gasteiger partial charge in [0.05, 0.1) is 6.61 Å². The number of hydrogen-bond acceptors (Lipinski definition) is 5. The van der Waals surface area contributed by atoms with Crippen molar-refractivity contribution in [1.29, 1.82) is 0 Å². The second-order valence-corrected chi connectivity index (χ2v) is 17.8. The monoisotopic (exact) mass is 891 g/mol. The predicted molar refractivity (Wildman–Crippen MR) is 279 cm³/mol. The summed E-state index contributed by atoms with van der Waals surface area (Å²) in [6.07, 6.45) is 71.6. The number of unbranched alkanes of at least 4 members (excludes halogenated alkanes) is 24. The number of carbonyl (C=O) groups is 2. The summed E-state index contributed by atoms with van der Waals surface area (Å²) in [6.45, 7) is 7.61. The molecule has 0 aromatic heterocycles. The lowest BCUT2D eigenvalue weighted by Crippen LogP contribution is -2.30. The molecule has 0 spiro atoms. The molecule has 0 amide bonds. The van der Waals surface area contributed by atoms with E-state index in [1.54, 1.807) is 0 Å². The SMILES string of the molecule is CC/C=C\C/C=C\C/C=C\C/C=C\C/C=C\CCCCCC(=O)OCC(COCCCCCCCC/C=C\C/C=C\CCC)OC(=O)CCCCCCCCCCCCCCCCC. The zero-order valence-corrected chi connectivity index (χ0v) is 42.3. The van der Waals surface area contributed by atoms with Gasteiger partial charge >= 0.3 is 11.9 Å². The van der Waals surface area contributed by atoms with E-state index in [9.17, 15) is 9.59 Å². The maximum absolute atomic E-state index is 12.8. The van der Waals surface area contributed by atoms with Gasteiger partial charge in [0.25, 0.3) is 0 Å². The molecule has 0 radical (unpaired) electrons. The Hall–Kier alpha value is -2.92. The van der Waals surface area contributed by atoms with Crippen LogP contribution in [0.25, 0.3) is 0 Å². The highest BCUT2D eigenvalue weighted by Crippen LogP contribution is 2.15. The molecule has 0 aliphatic rings. The van der Waals surface area contributed by atoms with Gasteiger partial charge in [0.2, 0.25) is 0 Å². The van der Waals surface area contributed by atoms with Crippen LogP contribution >= 0.6 is 0 Å². The maximum Gasteiger partial charge on any atom is 0.306 e. The van der Waals surface area contributed by atoms with Crippen LogP contribution in [0.5, 0.6) is 0 Å². The number of hydrogen-bond donors (Lipinski definition) is 0. The number of esters is 2. The Balaban J connectivity index is 4.34. The summed E-state index contributed by atoms with van der Waals surface area (Å²) in [7, 11) is 0. The topological polar surface area (TPSA) is 61.8 Å². The van der Waals surface area contributed by atoms with Crippen molar-refractivity contribution < 1.29 is 23.8 Å². The van der Waals surface area contributed by atoms with Crippen LogP contribution in [0.1, 0.15) is 252 Å². The van der Waals surface area contributed by atoms with Crippen LogP contribution in [0.4, 0.5) is 0 Å². The van der Waals surface area contributed by atoms with Crippen molar-refractivity contribution in [3.05, 3.63) is 85.1 Å². The molecule has 0 aliphatic carbocycles. The van der Waals surface area contributed by atoms with Gasteiger partial charge in [-0.05, 0) is 89.9 Å². The molecular weight excluding hydrogens is 789 g/mol. The predicted octanol–water partition coefficient (Wildman–Crippen LogP) is 18.5. The standard InChI is InChI=1S/C59H102O5/c1-4-7-10-13-16-19-22-25-28-29-30-31-33-34-37-40-43-46-49-52-58(60)63-56-57(55-62-54-51-48-45-42-39-36-27-24-21-18-15-12-9-6-3)64-59(61)53-50-47-44-41-38-35-32-26-23-20-17-14-11-8-5-2/h7,10,12,15-16,19,21,24-25,28,30-31,34,37,57H,4-6,8-9,11,13-14,17-18,20,22-23,26-27,29,32-33,35-36,38-56H2,1-3H3/b10-7-,15-12-,19-16-,24-21-,28-25-,31-30-,37-34-. The Kier molecular flexibility index (Phi) is 51.9. The minimum absolute atomic E-state index is 0.0624.